The molecule has 0 aliphatic carbocycles. The lowest BCUT2D eigenvalue weighted by Crippen LogP contribution is -2.31. The topological polar surface area (TPSA) is 18.5 Å². The van der Waals surface area contributed by atoms with Crippen LogP contribution in [0, 0.1) is 0 Å². The van der Waals surface area contributed by atoms with Gasteiger partial charge in [-0.05, 0) is 46.2 Å². The Kier molecular flexibility index (Phi) is 5.38. The van der Waals surface area contributed by atoms with Gasteiger partial charge in [-0.1, -0.05) is 12.2 Å². The van der Waals surface area contributed by atoms with Crippen molar-refractivity contribution >= 4 is 16.6 Å². The fourth-order valence-electron chi connectivity index (χ4n) is 0.867. The Morgan fingerprint density at radius 1 is 0.867 bits per heavy atom. The zero-order chi connectivity index (χ0) is 12.1. The molecule has 0 unspecified atom stereocenters. The molecular formula is C11H24O2Si2. The molecule has 0 aromatic rings. The lowest BCUT2D eigenvalue weighted by Gasteiger charge is -2.27. The molecule has 0 rings (SSSR count). The summed E-state index contributed by atoms with van der Waals surface area (Å²) < 4.78 is 11.8. The molecule has 0 radical (unpaired) electrons. The maximum atomic E-state index is 5.88. The Hall–Kier alpha value is -0.486. The standard InChI is InChI=1S/C11H24O2Si2/c1-8-9-10-11(12-14(2,3)4)13-15(5,6)7/h8-10H,1-7H3/b9-8+. The van der Waals surface area contributed by atoms with Crippen LogP contribution in [0.5, 0.6) is 0 Å². The van der Waals surface area contributed by atoms with Crippen molar-refractivity contribution in [2.45, 2.75) is 46.2 Å². The van der Waals surface area contributed by atoms with E-state index >= 15 is 0 Å². The zero-order valence-corrected chi connectivity index (χ0v) is 13.0. The summed E-state index contributed by atoms with van der Waals surface area (Å²) in [7, 11) is -3.15. The molecule has 0 amide bonds. The van der Waals surface area contributed by atoms with Gasteiger partial charge in [0, 0.05) is 6.08 Å². The molecule has 0 atom stereocenters. The molecule has 15 heavy (non-hydrogen) atoms. The van der Waals surface area contributed by atoms with Gasteiger partial charge < -0.3 is 8.85 Å². The highest BCUT2D eigenvalue weighted by molar-refractivity contribution is 6.71. The fraction of sp³-hybridized carbons (Fsp3) is 0.636. The second-order valence-corrected chi connectivity index (χ2v) is 14.3. The molecule has 0 saturated carbocycles. The fourth-order valence-corrected chi connectivity index (χ4v) is 2.38. The lowest BCUT2D eigenvalue weighted by molar-refractivity contribution is 0.216. The second kappa shape index (κ2) is 5.56. The molecule has 0 fully saturated rings. The first-order valence-corrected chi connectivity index (χ1v) is 12.2. The van der Waals surface area contributed by atoms with Crippen LogP contribution in [0.3, 0.4) is 0 Å². The van der Waals surface area contributed by atoms with Crippen LogP contribution in [-0.2, 0) is 8.85 Å². The predicted octanol–water partition coefficient (Wildman–Crippen LogP) is 4.11. The Morgan fingerprint density at radius 3 is 1.53 bits per heavy atom. The second-order valence-electron chi connectivity index (χ2n) is 5.44. The van der Waals surface area contributed by atoms with E-state index in [-0.39, 0.29) is 0 Å². The van der Waals surface area contributed by atoms with Crippen LogP contribution in [0.2, 0.25) is 39.3 Å². The summed E-state index contributed by atoms with van der Waals surface area (Å²) in [6.45, 7) is 14.9. The van der Waals surface area contributed by atoms with E-state index in [2.05, 4.69) is 39.3 Å². The maximum Gasteiger partial charge on any atom is 0.251 e. The summed E-state index contributed by atoms with van der Waals surface area (Å²) in [5.74, 6) is 0.687. The van der Waals surface area contributed by atoms with Crippen molar-refractivity contribution in [3.8, 4) is 0 Å². The highest BCUT2D eigenvalue weighted by Crippen LogP contribution is 2.16. The van der Waals surface area contributed by atoms with Crippen molar-refractivity contribution in [2.24, 2.45) is 0 Å². The van der Waals surface area contributed by atoms with E-state index in [9.17, 15) is 0 Å². The van der Waals surface area contributed by atoms with E-state index in [1.807, 2.05) is 25.2 Å². The normalized spacial score (nSPS) is 12.7. The summed E-state index contributed by atoms with van der Waals surface area (Å²) in [4.78, 5) is 0. The van der Waals surface area contributed by atoms with Gasteiger partial charge in [0.05, 0.1) is 0 Å². The smallest absolute Gasteiger partial charge is 0.251 e. The largest absolute Gasteiger partial charge is 0.521 e. The summed E-state index contributed by atoms with van der Waals surface area (Å²) in [6.07, 6.45) is 5.84. The number of allylic oxidation sites excluding steroid dienone is 3. The van der Waals surface area contributed by atoms with E-state index in [4.69, 9.17) is 8.85 Å². The molecule has 0 aliphatic rings. The molecule has 2 nitrogen and oxygen atoms in total. The van der Waals surface area contributed by atoms with Crippen molar-refractivity contribution in [2.75, 3.05) is 0 Å². The summed E-state index contributed by atoms with van der Waals surface area (Å²) >= 11 is 0. The van der Waals surface area contributed by atoms with Crippen molar-refractivity contribution < 1.29 is 8.85 Å². The van der Waals surface area contributed by atoms with Crippen molar-refractivity contribution in [1.29, 1.82) is 0 Å². The van der Waals surface area contributed by atoms with E-state index < -0.39 is 16.6 Å². The lowest BCUT2D eigenvalue weighted by atomic mass is 10.5. The molecule has 0 saturated heterocycles. The Labute approximate surface area is 96.2 Å². The van der Waals surface area contributed by atoms with Crippen LogP contribution in [0.4, 0.5) is 0 Å². The van der Waals surface area contributed by atoms with E-state index in [1.54, 1.807) is 0 Å². The molecule has 0 aromatic carbocycles. The van der Waals surface area contributed by atoms with Gasteiger partial charge in [0.1, 0.15) is 0 Å². The minimum atomic E-state index is -1.58. The van der Waals surface area contributed by atoms with Crippen LogP contribution >= 0.6 is 0 Å². The molecule has 0 aromatic heterocycles. The highest BCUT2D eigenvalue weighted by atomic mass is 28.4. The number of rotatable bonds is 5. The third-order valence-corrected chi connectivity index (χ3v) is 2.87. The van der Waals surface area contributed by atoms with E-state index in [0.29, 0.717) is 5.95 Å². The van der Waals surface area contributed by atoms with E-state index in [0.717, 1.165) is 0 Å². The molecule has 0 heterocycles. The summed E-state index contributed by atoms with van der Waals surface area (Å²) in [5, 5.41) is 0. The first-order valence-electron chi connectivity index (χ1n) is 5.35. The SMILES string of the molecule is C/C=C/C=C(O[Si](C)(C)C)O[Si](C)(C)C. The van der Waals surface area contributed by atoms with Gasteiger partial charge in [0.25, 0.3) is 5.95 Å². The summed E-state index contributed by atoms with van der Waals surface area (Å²) in [5.41, 5.74) is 0. The third kappa shape index (κ3) is 9.81. The van der Waals surface area contributed by atoms with Crippen LogP contribution in [0.15, 0.2) is 24.2 Å². The summed E-state index contributed by atoms with van der Waals surface area (Å²) in [6, 6.07) is 0. The van der Waals surface area contributed by atoms with Crippen molar-refractivity contribution in [3.63, 3.8) is 0 Å². The Bertz CT molecular complexity index is 226. The van der Waals surface area contributed by atoms with Crippen LogP contribution < -0.4 is 0 Å². The quantitative estimate of drug-likeness (QED) is 0.412. The van der Waals surface area contributed by atoms with Crippen molar-refractivity contribution in [3.05, 3.63) is 24.2 Å². The molecule has 0 aliphatic heterocycles. The maximum absolute atomic E-state index is 5.88. The van der Waals surface area contributed by atoms with Gasteiger partial charge in [-0.25, -0.2) is 0 Å². The highest BCUT2D eigenvalue weighted by Gasteiger charge is 2.23. The number of hydrogen-bond donors (Lipinski definition) is 0. The van der Waals surface area contributed by atoms with Gasteiger partial charge in [-0.15, -0.1) is 0 Å². The molecule has 0 spiro atoms. The van der Waals surface area contributed by atoms with Gasteiger partial charge >= 0.3 is 0 Å². The molecular weight excluding hydrogens is 220 g/mol. The first-order chi connectivity index (χ1) is 6.64. The first kappa shape index (κ1) is 14.5. The Morgan fingerprint density at radius 2 is 1.27 bits per heavy atom. The predicted molar refractivity (Wildman–Crippen MR) is 71.8 cm³/mol. The van der Waals surface area contributed by atoms with E-state index in [1.165, 1.54) is 0 Å². The third-order valence-electron chi connectivity index (χ3n) is 1.24. The van der Waals surface area contributed by atoms with Gasteiger partial charge in [0.15, 0.2) is 0 Å². The van der Waals surface area contributed by atoms with Crippen LogP contribution in [0.25, 0.3) is 0 Å². The zero-order valence-electron chi connectivity index (χ0n) is 11.0. The monoisotopic (exact) mass is 244 g/mol. The molecule has 0 N–H and O–H groups in total. The molecule has 4 heteroatoms. The van der Waals surface area contributed by atoms with Crippen LogP contribution in [0.1, 0.15) is 6.92 Å². The minimum absolute atomic E-state index is 0.687. The van der Waals surface area contributed by atoms with Gasteiger partial charge in [-0.2, -0.15) is 0 Å². The number of hydrogen-bond acceptors (Lipinski definition) is 2. The van der Waals surface area contributed by atoms with Gasteiger partial charge in [-0.3, -0.25) is 0 Å². The average molecular weight is 244 g/mol. The van der Waals surface area contributed by atoms with Crippen LogP contribution in [-0.4, -0.2) is 16.6 Å². The Balaban J connectivity index is 4.61. The van der Waals surface area contributed by atoms with Gasteiger partial charge in [0.2, 0.25) is 16.6 Å². The van der Waals surface area contributed by atoms with Crippen molar-refractivity contribution in [1.82, 2.24) is 0 Å². The average Bonchev–Trinajstić information content (AvgIpc) is 1.94. The molecule has 0 bridgehead atoms. The molecule has 88 valence electrons. The minimum Gasteiger partial charge on any atom is -0.521 e.